The number of aromatic nitrogens is 1. The first kappa shape index (κ1) is 21.2. The molecule has 28 heavy (non-hydrogen) atoms. The highest BCUT2D eigenvalue weighted by atomic mass is 19.4. The average molecular weight is 395 g/mol. The maximum Gasteiger partial charge on any atom is 0.416 e. The first-order valence-electron chi connectivity index (χ1n) is 8.24. The number of benzene rings is 1. The third-order valence-corrected chi connectivity index (χ3v) is 3.97. The van der Waals surface area contributed by atoms with E-state index in [-0.39, 0.29) is 22.7 Å². The van der Waals surface area contributed by atoms with E-state index in [4.69, 9.17) is 0 Å². The SMILES string of the molecule is CN(C)C(=O)C(C)(C)NC(=O)c1ncc(-c2cccc(C(F)(F)F)c2)cc1O. The topological polar surface area (TPSA) is 82.5 Å². The third kappa shape index (κ3) is 4.59. The van der Waals surface area contributed by atoms with Crippen molar-refractivity contribution in [1.82, 2.24) is 15.2 Å². The quantitative estimate of drug-likeness (QED) is 0.834. The van der Waals surface area contributed by atoms with Gasteiger partial charge in [0.1, 0.15) is 11.3 Å². The largest absolute Gasteiger partial charge is 0.505 e. The molecule has 0 aliphatic heterocycles. The maximum atomic E-state index is 12.9. The second-order valence-electron chi connectivity index (χ2n) is 6.95. The molecule has 0 unspecified atom stereocenters. The number of amides is 2. The Morgan fingerprint density at radius 1 is 1.11 bits per heavy atom. The Morgan fingerprint density at radius 2 is 1.75 bits per heavy atom. The van der Waals surface area contributed by atoms with Gasteiger partial charge in [0.05, 0.1) is 5.56 Å². The van der Waals surface area contributed by atoms with Crippen LogP contribution in [0.15, 0.2) is 36.5 Å². The van der Waals surface area contributed by atoms with Crippen LogP contribution in [0.5, 0.6) is 5.75 Å². The minimum Gasteiger partial charge on any atom is -0.505 e. The Morgan fingerprint density at radius 3 is 2.29 bits per heavy atom. The Hall–Kier alpha value is -3.10. The smallest absolute Gasteiger partial charge is 0.416 e. The molecule has 0 fully saturated rings. The number of halogens is 3. The number of carbonyl (C=O) groups is 2. The zero-order chi connectivity index (χ0) is 21.3. The minimum absolute atomic E-state index is 0.188. The van der Waals surface area contributed by atoms with Crippen molar-refractivity contribution in [2.45, 2.75) is 25.6 Å². The standard InChI is InChI=1S/C19H20F3N3O3/c1-18(2,17(28)25(3)4)24-16(27)15-14(26)9-12(10-23-15)11-6-5-7-13(8-11)19(20,21)22/h5-10,26H,1-4H3,(H,24,27). The molecule has 2 amide bonds. The number of likely N-dealkylation sites (N-methyl/N-ethyl adjacent to an activating group) is 1. The molecular formula is C19H20F3N3O3. The molecule has 1 heterocycles. The van der Waals surface area contributed by atoms with Gasteiger partial charge in [-0.2, -0.15) is 13.2 Å². The summed E-state index contributed by atoms with van der Waals surface area (Å²) in [6, 6.07) is 5.69. The Bertz CT molecular complexity index is 909. The number of carbonyl (C=O) groups excluding carboxylic acids is 2. The molecule has 9 heteroatoms. The van der Waals surface area contributed by atoms with Crippen molar-refractivity contribution < 1.29 is 27.9 Å². The van der Waals surface area contributed by atoms with Gasteiger partial charge >= 0.3 is 6.18 Å². The summed E-state index contributed by atoms with van der Waals surface area (Å²) in [5, 5.41) is 12.6. The zero-order valence-corrected chi connectivity index (χ0v) is 15.8. The van der Waals surface area contributed by atoms with Crippen molar-refractivity contribution in [3.8, 4) is 16.9 Å². The van der Waals surface area contributed by atoms with Gasteiger partial charge in [0, 0.05) is 25.9 Å². The fourth-order valence-electron chi connectivity index (χ4n) is 2.62. The Kier molecular flexibility index (Phi) is 5.67. The van der Waals surface area contributed by atoms with Crippen LogP contribution in [0.3, 0.4) is 0 Å². The lowest BCUT2D eigenvalue weighted by Gasteiger charge is -2.28. The first-order chi connectivity index (χ1) is 12.8. The van der Waals surface area contributed by atoms with E-state index in [9.17, 15) is 27.9 Å². The lowest BCUT2D eigenvalue weighted by Crippen LogP contribution is -2.54. The van der Waals surface area contributed by atoms with Crippen LogP contribution < -0.4 is 5.32 Å². The summed E-state index contributed by atoms with van der Waals surface area (Å²) in [5.41, 5.74) is -2.02. The number of hydrogen-bond donors (Lipinski definition) is 2. The number of nitrogens with one attached hydrogen (secondary N) is 1. The Labute approximate surface area is 160 Å². The third-order valence-electron chi connectivity index (χ3n) is 3.97. The van der Waals surface area contributed by atoms with Crippen LogP contribution in [0.25, 0.3) is 11.1 Å². The van der Waals surface area contributed by atoms with Crippen molar-refractivity contribution in [2.24, 2.45) is 0 Å². The summed E-state index contributed by atoms with van der Waals surface area (Å²) in [5.74, 6) is -1.66. The summed E-state index contributed by atoms with van der Waals surface area (Å²) in [6.07, 6.45) is -3.32. The molecule has 0 aliphatic carbocycles. The molecule has 0 radical (unpaired) electrons. The predicted octanol–water partition coefficient (Wildman–Crippen LogP) is 3.07. The van der Waals surface area contributed by atoms with Gasteiger partial charge < -0.3 is 15.3 Å². The normalized spacial score (nSPS) is 11.8. The fourth-order valence-corrected chi connectivity index (χ4v) is 2.62. The number of pyridine rings is 1. The monoisotopic (exact) mass is 395 g/mol. The lowest BCUT2D eigenvalue weighted by atomic mass is 10.0. The molecule has 6 nitrogen and oxygen atoms in total. The number of aromatic hydroxyl groups is 1. The number of rotatable bonds is 4. The lowest BCUT2D eigenvalue weighted by molar-refractivity contribution is -0.137. The molecule has 1 aromatic carbocycles. The van der Waals surface area contributed by atoms with Gasteiger partial charge in [-0.25, -0.2) is 4.98 Å². The van der Waals surface area contributed by atoms with Crippen molar-refractivity contribution in [3.63, 3.8) is 0 Å². The van der Waals surface area contributed by atoms with Crippen LogP contribution >= 0.6 is 0 Å². The zero-order valence-electron chi connectivity index (χ0n) is 15.8. The van der Waals surface area contributed by atoms with Crippen LogP contribution in [0.1, 0.15) is 29.9 Å². The highest BCUT2D eigenvalue weighted by molar-refractivity contribution is 5.99. The molecule has 0 aliphatic rings. The summed E-state index contributed by atoms with van der Waals surface area (Å²) in [4.78, 5) is 29.7. The van der Waals surface area contributed by atoms with Gasteiger partial charge in [0.15, 0.2) is 5.69 Å². The molecule has 0 atom stereocenters. The second kappa shape index (κ2) is 7.49. The van der Waals surface area contributed by atoms with Gasteiger partial charge in [-0.15, -0.1) is 0 Å². The van der Waals surface area contributed by atoms with Crippen molar-refractivity contribution in [2.75, 3.05) is 14.1 Å². The predicted molar refractivity (Wildman–Crippen MR) is 96.6 cm³/mol. The molecule has 1 aromatic heterocycles. The van der Waals surface area contributed by atoms with Crippen molar-refractivity contribution in [3.05, 3.63) is 47.8 Å². The number of alkyl halides is 3. The molecule has 2 aromatic rings. The number of hydrogen-bond acceptors (Lipinski definition) is 4. The summed E-state index contributed by atoms with van der Waals surface area (Å²) >= 11 is 0. The molecule has 0 bridgehead atoms. The fraction of sp³-hybridized carbons (Fsp3) is 0.316. The second-order valence-corrected chi connectivity index (χ2v) is 6.95. The molecule has 0 saturated carbocycles. The van der Waals surface area contributed by atoms with Gasteiger partial charge in [-0.3, -0.25) is 9.59 Å². The number of nitrogens with zero attached hydrogens (tertiary/aromatic N) is 2. The van der Waals surface area contributed by atoms with E-state index in [1.807, 2.05) is 0 Å². The summed E-state index contributed by atoms with van der Waals surface area (Å²) < 4.78 is 38.6. The molecule has 2 N–H and O–H groups in total. The maximum absolute atomic E-state index is 12.9. The molecule has 2 rings (SSSR count). The van der Waals surface area contributed by atoms with Crippen molar-refractivity contribution in [1.29, 1.82) is 0 Å². The van der Waals surface area contributed by atoms with E-state index >= 15 is 0 Å². The van der Waals surface area contributed by atoms with Gasteiger partial charge in [0.25, 0.3) is 5.91 Å². The molecule has 0 saturated heterocycles. The van der Waals surface area contributed by atoms with E-state index in [1.165, 1.54) is 51.2 Å². The summed E-state index contributed by atoms with van der Waals surface area (Å²) in [7, 11) is 3.08. The van der Waals surface area contributed by atoms with E-state index in [2.05, 4.69) is 10.3 Å². The van der Waals surface area contributed by atoms with Gasteiger partial charge in [-0.1, -0.05) is 12.1 Å². The van der Waals surface area contributed by atoms with Crippen LogP contribution in [0.4, 0.5) is 13.2 Å². The Balaban J connectivity index is 2.30. The first-order valence-corrected chi connectivity index (χ1v) is 8.24. The van der Waals surface area contributed by atoms with Gasteiger partial charge in [0.2, 0.25) is 5.91 Å². The van der Waals surface area contributed by atoms with E-state index < -0.39 is 28.9 Å². The van der Waals surface area contributed by atoms with Crippen LogP contribution in [0, 0.1) is 0 Å². The highest BCUT2D eigenvalue weighted by Crippen LogP contribution is 2.33. The van der Waals surface area contributed by atoms with E-state index in [0.717, 1.165) is 18.2 Å². The molecule has 0 spiro atoms. The highest BCUT2D eigenvalue weighted by Gasteiger charge is 2.33. The van der Waals surface area contributed by atoms with E-state index in [0.29, 0.717) is 0 Å². The molecule has 150 valence electrons. The van der Waals surface area contributed by atoms with Crippen LogP contribution in [-0.4, -0.2) is 46.4 Å². The van der Waals surface area contributed by atoms with Crippen LogP contribution in [0.2, 0.25) is 0 Å². The minimum atomic E-state index is -4.50. The van der Waals surface area contributed by atoms with E-state index in [1.54, 1.807) is 0 Å². The summed E-state index contributed by atoms with van der Waals surface area (Å²) in [6.45, 7) is 3.00. The average Bonchev–Trinajstić information content (AvgIpc) is 2.59. The van der Waals surface area contributed by atoms with Crippen molar-refractivity contribution >= 4 is 11.8 Å². The van der Waals surface area contributed by atoms with Crippen LogP contribution in [-0.2, 0) is 11.0 Å². The molecular weight excluding hydrogens is 375 g/mol. The van der Waals surface area contributed by atoms with Gasteiger partial charge in [-0.05, 0) is 37.6 Å².